The molecule has 1 fully saturated rings. The molecule has 1 amide bonds. The molecule has 0 unspecified atom stereocenters. The van der Waals surface area contributed by atoms with Crippen molar-refractivity contribution in [3.05, 3.63) is 54.1 Å². The molecule has 1 saturated carbocycles. The third-order valence-electron chi connectivity index (χ3n) is 4.43. The fraction of sp³-hybridized carbons (Fsp3) is 0.412. The predicted octanol–water partition coefficient (Wildman–Crippen LogP) is 1.72. The largest absolute Gasteiger partial charge is 0.352 e. The zero-order valence-electron chi connectivity index (χ0n) is 12.5. The average molecular weight is 296 g/mol. The minimum absolute atomic E-state index is 0.119. The molecule has 5 heteroatoms. The molecule has 2 heterocycles. The van der Waals surface area contributed by atoms with Crippen LogP contribution >= 0.6 is 0 Å². The lowest BCUT2D eigenvalue weighted by Gasteiger charge is -2.34. The van der Waals surface area contributed by atoms with Crippen molar-refractivity contribution in [2.24, 2.45) is 0 Å². The summed E-state index contributed by atoms with van der Waals surface area (Å²) in [4.78, 5) is 19.4. The van der Waals surface area contributed by atoms with E-state index in [2.05, 4.69) is 19.8 Å². The quantitative estimate of drug-likeness (QED) is 0.934. The van der Waals surface area contributed by atoms with Crippen LogP contribution in [0.1, 0.15) is 30.3 Å². The van der Waals surface area contributed by atoms with Crippen LogP contribution in [-0.4, -0.2) is 32.9 Å². The number of nitrogens with zero attached hydrogens (tertiary/aromatic N) is 3. The van der Waals surface area contributed by atoms with Gasteiger partial charge in [-0.2, -0.15) is 0 Å². The Kier molecular flexibility index (Phi) is 3.42. The Morgan fingerprint density at radius 3 is 2.82 bits per heavy atom. The summed E-state index contributed by atoms with van der Waals surface area (Å²) >= 11 is 0. The van der Waals surface area contributed by atoms with Gasteiger partial charge in [0.2, 0.25) is 5.91 Å². The summed E-state index contributed by atoms with van der Waals surface area (Å²) in [5.74, 6) is 1.15. The van der Waals surface area contributed by atoms with E-state index in [1.807, 2.05) is 42.7 Å². The van der Waals surface area contributed by atoms with Crippen LogP contribution < -0.4 is 5.32 Å². The molecule has 1 aliphatic carbocycles. The van der Waals surface area contributed by atoms with Crippen molar-refractivity contribution >= 4 is 5.91 Å². The predicted molar refractivity (Wildman–Crippen MR) is 83.0 cm³/mol. The molecule has 1 atom stereocenters. The number of carbonyl (C=O) groups is 1. The number of aromatic nitrogens is 2. The molecule has 5 nitrogen and oxygen atoms in total. The smallest absolute Gasteiger partial charge is 0.242 e. The van der Waals surface area contributed by atoms with E-state index in [-0.39, 0.29) is 11.9 Å². The first-order valence-corrected chi connectivity index (χ1v) is 7.90. The van der Waals surface area contributed by atoms with Crippen molar-refractivity contribution in [2.45, 2.75) is 38.0 Å². The standard InChI is InChI=1S/C17H20N4O/c22-17(19-14-6-7-14)16(13-4-2-1-3-5-13)21-11-10-20-9-8-18-15(20)12-21/h1-5,8-9,14,16H,6-7,10-12H2,(H,19,22)/t16-/m0/s1. The Labute approximate surface area is 130 Å². The van der Waals surface area contributed by atoms with Crippen LogP contribution in [0.3, 0.4) is 0 Å². The van der Waals surface area contributed by atoms with Crippen molar-refractivity contribution in [1.82, 2.24) is 19.8 Å². The number of hydrogen-bond acceptors (Lipinski definition) is 3. The molecule has 114 valence electrons. The van der Waals surface area contributed by atoms with Crippen molar-refractivity contribution in [2.75, 3.05) is 6.54 Å². The first kappa shape index (κ1) is 13.5. The van der Waals surface area contributed by atoms with Crippen LogP contribution in [0.25, 0.3) is 0 Å². The molecule has 4 rings (SSSR count). The van der Waals surface area contributed by atoms with Gasteiger partial charge in [0.15, 0.2) is 0 Å². The summed E-state index contributed by atoms with van der Waals surface area (Å²) in [6.45, 7) is 2.46. The molecule has 22 heavy (non-hydrogen) atoms. The number of benzene rings is 1. The fourth-order valence-corrected chi connectivity index (χ4v) is 3.08. The van der Waals surface area contributed by atoms with Gasteiger partial charge in [0.1, 0.15) is 11.9 Å². The number of nitrogens with one attached hydrogen (secondary N) is 1. The Bertz CT molecular complexity index is 662. The second-order valence-electron chi connectivity index (χ2n) is 6.10. The van der Waals surface area contributed by atoms with E-state index < -0.39 is 0 Å². The van der Waals surface area contributed by atoms with Crippen molar-refractivity contribution in [3.63, 3.8) is 0 Å². The number of hydrogen-bond donors (Lipinski definition) is 1. The van der Waals surface area contributed by atoms with Crippen molar-refractivity contribution in [1.29, 1.82) is 0 Å². The number of rotatable bonds is 4. The maximum atomic E-state index is 12.8. The van der Waals surface area contributed by atoms with Gasteiger partial charge in [-0.1, -0.05) is 30.3 Å². The minimum atomic E-state index is -0.229. The fourth-order valence-electron chi connectivity index (χ4n) is 3.08. The van der Waals surface area contributed by atoms with Gasteiger partial charge >= 0.3 is 0 Å². The molecule has 2 aliphatic rings. The molecule has 1 aromatic heterocycles. The van der Waals surface area contributed by atoms with Gasteiger partial charge in [0.05, 0.1) is 6.54 Å². The Morgan fingerprint density at radius 1 is 1.23 bits per heavy atom. The van der Waals surface area contributed by atoms with Gasteiger partial charge in [-0.25, -0.2) is 4.98 Å². The van der Waals surface area contributed by atoms with E-state index in [1.54, 1.807) is 0 Å². The van der Waals surface area contributed by atoms with Gasteiger partial charge in [0.25, 0.3) is 0 Å². The zero-order valence-corrected chi connectivity index (χ0v) is 12.5. The number of amides is 1. The third kappa shape index (κ3) is 2.64. The van der Waals surface area contributed by atoms with Crippen molar-refractivity contribution < 1.29 is 4.79 Å². The van der Waals surface area contributed by atoms with E-state index in [4.69, 9.17) is 0 Å². The van der Waals surface area contributed by atoms with Crippen LogP contribution in [0.4, 0.5) is 0 Å². The summed E-state index contributed by atoms with van der Waals surface area (Å²) < 4.78 is 2.16. The SMILES string of the molecule is O=C(NC1CC1)[C@H](c1ccccc1)N1CCn2ccnc2C1. The molecule has 0 saturated heterocycles. The van der Waals surface area contributed by atoms with E-state index >= 15 is 0 Å². The molecular weight excluding hydrogens is 276 g/mol. The van der Waals surface area contributed by atoms with Crippen LogP contribution in [0.5, 0.6) is 0 Å². The maximum absolute atomic E-state index is 12.8. The molecular formula is C17H20N4O. The number of carbonyl (C=O) groups excluding carboxylic acids is 1. The van der Waals surface area contributed by atoms with E-state index in [0.717, 1.165) is 37.3 Å². The highest BCUT2D eigenvalue weighted by molar-refractivity contribution is 5.83. The molecule has 0 radical (unpaired) electrons. The van der Waals surface area contributed by atoms with Crippen LogP contribution in [0.15, 0.2) is 42.7 Å². The van der Waals surface area contributed by atoms with Crippen LogP contribution in [-0.2, 0) is 17.9 Å². The molecule has 0 bridgehead atoms. The van der Waals surface area contributed by atoms with Gasteiger partial charge < -0.3 is 9.88 Å². The highest BCUT2D eigenvalue weighted by atomic mass is 16.2. The Morgan fingerprint density at radius 2 is 2.05 bits per heavy atom. The molecule has 0 spiro atoms. The van der Waals surface area contributed by atoms with E-state index in [1.165, 1.54) is 0 Å². The summed E-state index contributed by atoms with van der Waals surface area (Å²) in [5.41, 5.74) is 1.06. The molecule has 2 aromatic rings. The van der Waals surface area contributed by atoms with Crippen LogP contribution in [0, 0.1) is 0 Å². The highest BCUT2D eigenvalue weighted by Crippen LogP contribution is 2.27. The number of imidazole rings is 1. The molecule has 1 N–H and O–H groups in total. The monoisotopic (exact) mass is 296 g/mol. The first-order valence-electron chi connectivity index (χ1n) is 7.90. The normalized spacial score (nSPS) is 19.5. The second kappa shape index (κ2) is 5.57. The Balaban J connectivity index is 1.61. The first-order chi connectivity index (χ1) is 10.8. The van der Waals surface area contributed by atoms with E-state index in [0.29, 0.717) is 12.6 Å². The lowest BCUT2D eigenvalue weighted by molar-refractivity contribution is -0.127. The Hall–Kier alpha value is -2.14. The highest BCUT2D eigenvalue weighted by Gasteiger charge is 2.33. The lowest BCUT2D eigenvalue weighted by atomic mass is 10.0. The third-order valence-corrected chi connectivity index (χ3v) is 4.43. The topological polar surface area (TPSA) is 50.2 Å². The van der Waals surface area contributed by atoms with E-state index in [9.17, 15) is 4.79 Å². The summed E-state index contributed by atoms with van der Waals surface area (Å²) in [6.07, 6.45) is 6.06. The zero-order chi connectivity index (χ0) is 14.9. The van der Waals surface area contributed by atoms with Gasteiger partial charge in [-0.05, 0) is 18.4 Å². The number of fused-ring (bicyclic) bond motifs is 1. The molecule has 1 aliphatic heterocycles. The lowest BCUT2D eigenvalue weighted by Crippen LogP contribution is -2.44. The van der Waals surface area contributed by atoms with Crippen molar-refractivity contribution in [3.8, 4) is 0 Å². The van der Waals surface area contributed by atoms with Gasteiger partial charge in [0, 0.05) is 31.5 Å². The maximum Gasteiger partial charge on any atom is 0.242 e. The summed E-state index contributed by atoms with van der Waals surface area (Å²) in [7, 11) is 0. The second-order valence-corrected chi connectivity index (χ2v) is 6.10. The van der Waals surface area contributed by atoms with Gasteiger partial charge in [-0.3, -0.25) is 9.69 Å². The summed E-state index contributed by atoms with van der Waals surface area (Å²) in [6, 6.07) is 10.2. The molecule has 1 aromatic carbocycles. The van der Waals surface area contributed by atoms with Gasteiger partial charge in [-0.15, -0.1) is 0 Å². The van der Waals surface area contributed by atoms with Crippen LogP contribution in [0.2, 0.25) is 0 Å². The minimum Gasteiger partial charge on any atom is -0.352 e. The summed E-state index contributed by atoms with van der Waals surface area (Å²) in [5, 5.41) is 3.16. The average Bonchev–Trinajstić information content (AvgIpc) is 3.23.